The fourth-order valence-electron chi connectivity index (χ4n) is 5.14. The average molecular weight is 616 g/mol. The van der Waals surface area contributed by atoms with Crippen molar-refractivity contribution in [1.82, 2.24) is 5.01 Å². The first kappa shape index (κ1) is 24.6. The Labute approximate surface area is 234 Å². The fourth-order valence-corrected chi connectivity index (χ4v) is 5.92. The zero-order valence-electron chi connectivity index (χ0n) is 21.1. The lowest BCUT2D eigenvalue weighted by atomic mass is 9.92. The molecule has 4 aromatic rings. The molecule has 0 unspecified atom stereocenters. The molecule has 7 heteroatoms. The van der Waals surface area contributed by atoms with Crippen LogP contribution in [0, 0.1) is 10.5 Å². The highest BCUT2D eigenvalue weighted by Gasteiger charge is 2.35. The molecule has 0 saturated heterocycles. The number of carbonyl (C=O) groups is 2. The van der Waals surface area contributed by atoms with Gasteiger partial charge in [0.05, 0.1) is 27.5 Å². The van der Waals surface area contributed by atoms with Crippen LogP contribution in [0.2, 0.25) is 0 Å². The topological polar surface area (TPSA) is 68.2 Å². The van der Waals surface area contributed by atoms with Crippen molar-refractivity contribution in [2.45, 2.75) is 33.3 Å². The van der Waals surface area contributed by atoms with Gasteiger partial charge < -0.3 is 9.47 Å². The summed E-state index contributed by atoms with van der Waals surface area (Å²) < 4.78 is 12.8. The summed E-state index contributed by atoms with van der Waals surface area (Å²) in [6.45, 7) is 4.84. The zero-order valence-corrected chi connectivity index (χ0v) is 23.2. The van der Waals surface area contributed by atoms with Crippen molar-refractivity contribution in [1.29, 1.82) is 0 Å². The molecule has 1 aliphatic heterocycles. The third kappa shape index (κ3) is 4.24. The van der Waals surface area contributed by atoms with Crippen molar-refractivity contribution in [3.63, 3.8) is 0 Å². The summed E-state index contributed by atoms with van der Waals surface area (Å²) in [5.74, 6) is 0.408. The predicted octanol–water partition coefficient (Wildman–Crippen LogP) is 6.46. The summed E-state index contributed by atoms with van der Waals surface area (Å²) in [6.07, 6.45) is 3.39. The van der Waals surface area contributed by atoms with E-state index in [9.17, 15) is 9.59 Å². The minimum atomic E-state index is -0.410. The normalized spacial score (nSPS) is 14.1. The Morgan fingerprint density at radius 2 is 1.55 bits per heavy atom. The number of halogens is 1. The van der Waals surface area contributed by atoms with Crippen LogP contribution in [0.3, 0.4) is 0 Å². The lowest BCUT2D eigenvalue weighted by Crippen LogP contribution is -2.36. The molecule has 1 heterocycles. The molecule has 190 valence electrons. The second kappa shape index (κ2) is 9.87. The van der Waals surface area contributed by atoms with Gasteiger partial charge in [-0.05, 0) is 101 Å². The SMILES string of the molecule is CCOc1cc(/C=N\N2C(=O)c3ccc4c5c(ccc(c35)C2=O)CC4)cc(I)c1OCc1ccc(C)cc1. The standard InChI is InChI=1S/C31H25IN2O4/c1-3-37-26-15-20(14-25(32)29(26)38-17-19-6-4-18(2)5-7-19)16-33-34-30(35)23-12-10-21-8-9-22-11-13-24(31(34)36)28(23)27(21)22/h4-7,10-16H,3,8-9,17H2,1-2H3/b33-16-. The first-order valence-corrected chi connectivity index (χ1v) is 13.7. The average Bonchev–Trinajstić information content (AvgIpc) is 3.34. The van der Waals surface area contributed by atoms with Crippen LogP contribution in [0.25, 0.3) is 10.8 Å². The van der Waals surface area contributed by atoms with E-state index in [1.165, 1.54) is 22.9 Å². The highest BCUT2D eigenvalue weighted by Crippen LogP contribution is 2.39. The summed E-state index contributed by atoms with van der Waals surface area (Å²) in [6, 6.07) is 19.6. The number of amides is 2. The summed E-state index contributed by atoms with van der Waals surface area (Å²) in [5, 5.41) is 7.13. The van der Waals surface area contributed by atoms with Gasteiger partial charge in [0.15, 0.2) is 11.5 Å². The Kier molecular flexibility index (Phi) is 6.39. The molecule has 0 bridgehead atoms. The minimum absolute atomic E-state index is 0.410. The Balaban J connectivity index is 1.29. The number of aryl methyl sites for hydroxylation is 3. The van der Waals surface area contributed by atoms with Gasteiger partial charge in [-0.1, -0.05) is 42.0 Å². The lowest BCUT2D eigenvalue weighted by Gasteiger charge is -2.23. The van der Waals surface area contributed by atoms with Crippen molar-refractivity contribution in [3.8, 4) is 11.5 Å². The van der Waals surface area contributed by atoms with Crippen molar-refractivity contribution in [2.75, 3.05) is 6.61 Å². The number of rotatable bonds is 7. The number of nitrogens with zero attached hydrogens (tertiary/aromatic N) is 2. The lowest BCUT2D eigenvalue weighted by molar-refractivity contribution is 0.0616. The van der Waals surface area contributed by atoms with E-state index in [2.05, 4.69) is 46.7 Å². The van der Waals surface area contributed by atoms with E-state index < -0.39 is 11.8 Å². The molecule has 2 aliphatic rings. The van der Waals surface area contributed by atoms with Gasteiger partial charge in [-0.15, -0.1) is 0 Å². The Morgan fingerprint density at radius 3 is 2.18 bits per heavy atom. The number of ether oxygens (including phenoxy) is 2. The van der Waals surface area contributed by atoms with Crippen LogP contribution in [0.15, 0.2) is 65.8 Å². The molecule has 6 rings (SSSR count). The van der Waals surface area contributed by atoms with Gasteiger partial charge in [-0.2, -0.15) is 10.1 Å². The molecular weight excluding hydrogens is 591 g/mol. The van der Waals surface area contributed by atoms with Crippen LogP contribution >= 0.6 is 22.6 Å². The molecule has 0 spiro atoms. The monoisotopic (exact) mass is 616 g/mol. The molecule has 4 aromatic carbocycles. The van der Waals surface area contributed by atoms with E-state index in [0.29, 0.717) is 41.4 Å². The smallest absolute Gasteiger partial charge is 0.282 e. The van der Waals surface area contributed by atoms with Gasteiger partial charge in [-0.3, -0.25) is 9.59 Å². The van der Waals surface area contributed by atoms with Crippen molar-refractivity contribution in [2.24, 2.45) is 5.10 Å². The van der Waals surface area contributed by atoms with Crippen LogP contribution in [0.1, 0.15) is 55.5 Å². The van der Waals surface area contributed by atoms with Gasteiger partial charge in [0.1, 0.15) is 6.61 Å². The van der Waals surface area contributed by atoms with E-state index in [-0.39, 0.29) is 0 Å². The fraction of sp³-hybridized carbons (Fsp3) is 0.194. The third-order valence-corrected chi connectivity index (χ3v) is 7.80. The Bertz CT molecular complexity index is 1580. The maximum atomic E-state index is 13.4. The van der Waals surface area contributed by atoms with E-state index in [1.807, 2.05) is 55.5 Å². The quantitative estimate of drug-likeness (QED) is 0.136. The highest BCUT2D eigenvalue weighted by atomic mass is 127. The third-order valence-electron chi connectivity index (χ3n) is 7.00. The first-order chi connectivity index (χ1) is 18.4. The maximum Gasteiger partial charge on any atom is 0.282 e. The molecule has 0 fully saturated rings. The maximum absolute atomic E-state index is 13.4. The molecule has 2 amide bonds. The van der Waals surface area contributed by atoms with Gasteiger partial charge in [-0.25, -0.2) is 0 Å². The molecule has 0 aromatic heterocycles. The molecule has 1 aliphatic carbocycles. The van der Waals surface area contributed by atoms with Crippen LogP contribution in [0.4, 0.5) is 0 Å². The van der Waals surface area contributed by atoms with E-state index in [0.717, 1.165) is 37.8 Å². The minimum Gasteiger partial charge on any atom is -0.490 e. The number of benzene rings is 4. The molecule has 0 radical (unpaired) electrons. The molecular formula is C31H25IN2O4. The molecule has 0 saturated carbocycles. The number of carbonyl (C=O) groups excluding carboxylic acids is 2. The number of imide groups is 1. The molecule has 38 heavy (non-hydrogen) atoms. The molecule has 0 atom stereocenters. The number of hydrogen-bond donors (Lipinski definition) is 0. The van der Waals surface area contributed by atoms with Crippen LogP contribution in [-0.2, 0) is 19.4 Å². The summed E-state index contributed by atoms with van der Waals surface area (Å²) in [7, 11) is 0. The predicted molar refractivity (Wildman–Crippen MR) is 155 cm³/mol. The van der Waals surface area contributed by atoms with Gasteiger partial charge in [0, 0.05) is 5.39 Å². The summed E-state index contributed by atoms with van der Waals surface area (Å²) >= 11 is 2.20. The van der Waals surface area contributed by atoms with Gasteiger partial charge in [0.2, 0.25) is 0 Å². The molecule has 0 N–H and O–H groups in total. The summed E-state index contributed by atoms with van der Waals surface area (Å²) in [4.78, 5) is 26.7. The molecule has 6 nitrogen and oxygen atoms in total. The van der Waals surface area contributed by atoms with Crippen molar-refractivity contribution in [3.05, 3.63) is 103 Å². The van der Waals surface area contributed by atoms with Crippen molar-refractivity contribution < 1.29 is 19.1 Å². The second-order valence-corrected chi connectivity index (χ2v) is 10.7. The van der Waals surface area contributed by atoms with Crippen LogP contribution in [-0.4, -0.2) is 29.6 Å². The van der Waals surface area contributed by atoms with Gasteiger partial charge in [0.25, 0.3) is 11.8 Å². The van der Waals surface area contributed by atoms with Crippen LogP contribution in [0.5, 0.6) is 11.5 Å². The van der Waals surface area contributed by atoms with E-state index in [1.54, 1.807) is 0 Å². The van der Waals surface area contributed by atoms with Crippen LogP contribution < -0.4 is 9.47 Å². The zero-order chi connectivity index (χ0) is 26.4. The Morgan fingerprint density at radius 1 is 0.895 bits per heavy atom. The Hall–Kier alpha value is -3.72. The summed E-state index contributed by atoms with van der Waals surface area (Å²) in [5.41, 5.74) is 6.38. The second-order valence-electron chi connectivity index (χ2n) is 9.50. The number of hydrogen-bond acceptors (Lipinski definition) is 5. The largest absolute Gasteiger partial charge is 0.490 e. The van der Waals surface area contributed by atoms with E-state index in [4.69, 9.17) is 9.47 Å². The first-order valence-electron chi connectivity index (χ1n) is 12.6. The van der Waals surface area contributed by atoms with E-state index >= 15 is 0 Å². The van der Waals surface area contributed by atoms with Gasteiger partial charge >= 0.3 is 0 Å². The number of hydrazone groups is 1. The van der Waals surface area contributed by atoms with Crippen molar-refractivity contribution >= 4 is 51.4 Å². The highest BCUT2D eigenvalue weighted by molar-refractivity contribution is 14.1.